The molecule has 0 atom stereocenters. The molecule has 0 bridgehead atoms. The summed E-state index contributed by atoms with van der Waals surface area (Å²) in [5, 5.41) is 2.55. The number of ether oxygens (including phenoxy) is 1. The molecule has 0 radical (unpaired) electrons. The van der Waals surface area contributed by atoms with Crippen LogP contribution in [0.5, 0.6) is 5.75 Å². The van der Waals surface area contributed by atoms with E-state index in [9.17, 15) is 9.18 Å². The number of halogens is 2. The number of nitrogens with zero attached hydrogens (tertiary/aromatic N) is 1. The van der Waals surface area contributed by atoms with Crippen molar-refractivity contribution in [3.05, 3.63) is 59.1 Å². The molecule has 6 heteroatoms. The maximum absolute atomic E-state index is 13.0. The second-order valence-corrected chi connectivity index (χ2v) is 4.27. The Hall–Kier alpha value is -2.14. The summed E-state index contributed by atoms with van der Waals surface area (Å²) >= 11 is 5.73. The van der Waals surface area contributed by atoms with Crippen LogP contribution in [0.4, 0.5) is 4.39 Å². The van der Waals surface area contributed by atoms with Crippen LogP contribution in [0.2, 0.25) is 5.15 Å². The van der Waals surface area contributed by atoms with Crippen molar-refractivity contribution in [1.29, 1.82) is 0 Å². The molecule has 0 fully saturated rings. The fourth-order valence-electron chi connectivity index (χ4n) is 1.53. The molecule has 2 rings (SSSR count). The Kier molecular flexibility index (Phi) is 4.90. The van der Waals surface area contributed by atoms with Gasteiger partial charge in [0.15, 0.2) is 0 Å². The van der Waals surface area contributed by atoms with Crippen molar-refractivity contribution >= 4 is 17.5 Å². The van der Waals surface area contributed by atoms with Gasteiger partial charge in [-0.1, -0.05) is 29.8 Å². The molecule has 0 saturated heterocycles. The number of pyridine rings is 1. The van der Waals surface area contributed by atoms with Gasteiger partial charge in [0.2, 0.25) is 0 Å². The lowest BCUT2D eigenvalue weighted by molar-refractivity contribution is 0.0946. The van der Waals surface area contributed by atoms with Gasteiger partial charge in [0.05, 0.1) is 18.3 Å². The molecule has 0 saturated carbocycles. The third kappa shape index (κ3) is 3.93. The highest BCUT2D eigenvalue weighted by atomic mass is 35.5. The zero-order valence-corrected chi connectivity index (χ0v) is 11.2. The van der Waals surface area contributed by atoms with Gasteiger partial charge in [-0.2, -0.15) is 0 Å². The van der Waals surface area contributed by atoms with E-state index in [1.54, 1.807) is 0 Å². The van der Waals surface area contributed by atoms with Crippen LogP contribution in [0.15, 0.2) is 42.6 Å². The van der Waals surface area contributed by atoms with Crippen molar-refractivity contribution in [1.82, 2.24) is 10.3 Å². The fraction of sp³-hybridized carbons (Fsp3) is 0.143. The molecule has 0 aliphatic carbocycles. The van der Waals surface area contributed by atoms with Crippen molar-refractivity contribution in [2.75, 3.05) is 13.2 Å². The standard InChI is InChI=1S/C14H12ClFN2O2/c15-13-12(8-10(16)9-18-13)14(19)17-6-7-20-11-4-2-1-3-5-11/h1-5,8-9H,6-7H2,(H,17,19). The molecule has 1 N–H and O–H groups in total. The second-order valence-electron chi connectivity index (χ2n) is 3.91. The van der Waals surface area contributed by atoms with Crippen molar-refractivity contribution in [2.24, 2.45) is 0 Å². The van der Waals surface area contributed by atoms with Gasteiger partial charge in [0.25, 0.3) is 5.91 Å². The molecule has 4 nitrogen and oxygen atoms in total. The summed E-state index contributed by atoms with van der Waals surface area (Å²) in [5.41, 5.74) is 0.00591. The van der Waals surface area contributed by atoms with E-state index in [1.807, 2.05) is 30.3 Å². The van der Waals surface area contributed by atoms with Gasteiger partial charge >= 0.3 is 0 Å². The van der Waals surface area contributed by atoms with Crippen LogP contribution in [0.1, 0.15) is 10.4 Å². The van der Waals surface area contributed by atoms with E-state index in [2.05, 4.69) is 10.3 Å². The van der Waals surface area contributed by atoms with E-state index in [0.717, 1.165) is 12.3 Å². The van der Waals surface area contributed by atoms with Crippen LogP contribution in [-0.2, 0) is 0 Å². The van der Waals surface area contributed by atoms with E-state index in [1.165, 1.54) is 0 Å². The van der Waals surface area contributed by atoms with Gasteiger partial charge in [-0.25, -0.2) is 9.37 Å². The first-order chi connectivity index (χ1) is 9.66. The number of hydrogen-bond donors (Lipinski definition) is 1. The van der Waals surface area contributed by atoms with Gasteiger partial charge in [-0.15, -0.1) is 0 Å². The molecule has 1 amide bonds. The average Bonchev–Trinajstić information content (AvgIpc) is 2.47. The van der Waals surface area contributed by atoms with Gasteiger partial charge in [0, 0.05) is 0 Å². The Morgan fingerprint density at radius 2 is 2.10 bits per heavy atom. The largest absolute Gasteiger partial charge is 0.492 e. The summed E-state index contributed by atoms with van der Waals surface area (Å²) in [6, 6.07) is 10.3. The summed E-state index contributed by atoms with van der Waals surface area (Å²) in [6.07, 6.45) is 0.956. The average molecular weight is 295 g/mol. The summed E-state index contributed by atoms with van der Waals surface area (Å²) in [5.74, 6) is -0.383. The highest BCUT2D eigenvalue weighted by Crippen LogP contribution is 2.13. The summed E-state index contributed by atoms with van der Waals surface area (Å²) in [4.78, 5) is 15.3. The normalized spacial score (nSPS) is 10.1. The SMILES string of the molecule is O=C(NCCOc1ccccc1)c1cc(F)cnc1Cl. The lowest BCUT2D eigenvalue weighted by Crippen LogP contribution is -2.28. The molecule has 2 aromatic rings. The predicted molar refractivity (Wildman–Crippen MR) is 73.5 cm³/mol. The third-order valence-corrected chi connectivity index (χ3v) is 2.75. The number of carbonyl (C=O) groups is 1. The predicted octanol–water partition coefficient (Wildman–Crippen LogP) is 2.68. The van der Waals surface area contributed by atoms with Crippen LogP contribution < -0.4 is 10.1 Å². The number of carbonyl (C=O) groups excluding carboxylic acids is 1. The molecule has 0 unspecified atom stereocenters. The number of amides is 1. The van der Waals surface area contributed by atoms with Crippen molar-refractivity contribution in [2.45, 2.75) is 0 Å². The molecular formula is C14H12ClFN2O2. The van der Waals surface area contributed by atoms with Gasteiger partial charge in [0.1, 0.15) is 23.3 Å². The van der Waals surface area contributed by atoms with Gasteiger partial charge in [-0.05, 0) is 18.2 Å². The van der Waals surface area contributed by atoms with E-state index < -0.39 is 11.7 Å². The quantitative estimate of drug-likeness (QED) is 0.681. The van der Waals surface area contributed by atoms with Crippen molar-refractivity contribution < 1.29 is 13.9 Å². The maximum atomic E-state index is 13.0. The minimum absolute atomic E-state index is 0.00591. The second kappa shape index (κ2) is 6.86. The Balaban J connectivity index is 1.82. The van der Waals surface area contributed by atoms with Gasteiger partial charge < -0.3 is 10.1 Å². The number of hydrogen-bond acceptors (Lipinski definition) is 3. The first kappa shape index (κ1) is 14.3. The van der Waals surface area contributed by atoms with E-state index in [4.69, 9.17) is 16.3 Å². The third-order valence-electron chi connectivity index (χ3n) is 2.45. The van der Waals surface area contributed by atoms with Crippen molar-refractivity contribution in [3.8, 4) is 5.75 Å². The fourth-order valence-corrected chi connectivity index (χ4v) is 1.72. The Morgan fingerprint density at radius 3 is 2.85 bits per heavy atom. The summed E-state index contributed by atoms with van der Waals surface area (Å²) < 4.78 is 18.4. The smallest absolute Gasteiger partial charge is 0.254 e. The Morgan fingerprint density at radius 1 is 1.35 bits per heavy atom. The van der Waals surface area contributed by atoms with E-state index in [-0.39, 0.29) is 17.3 Å². The maximum Gasteiger partial charge on any atom is 0.254 e. The lowest BCUT2D eigenvalue weighted by Gasteiger charge is -2.08. The summed E-state index contributed by atoms with van der Waals surface area (Å²) in [6.45, 7) is 0.580. The first-order valence-electron chi connectivity index (χ1n) is 5.94. The molecular weight excluding hydrogens is 283 g/mol. The minimum Gasteiger partial charge on any atom is -0.492 e. The van der Waals surface area contributed by atoms with Crippen LogP contribution in [-0.4, -0.2) is 24.0 Å². The van der Waals surface area contributed by atoms with Crippen LogP contribution >= 0.6 is 11.6 Å². The number of nitrogens with one attached hydrogen (secondary N) is 1. The molecule has 1 aromatic carbocycles. The number of para-hydroxylation sites is 1. The Labute approximate surface area is 120 Å². The first-order valence-corrected chi connectivity index (χ1v) is 6.31. The number of benzene rings is 1. The molecule has 20 heavy (non-hydrogen) atoms. The number of rotatable bonds is 5. The van der Waals surface area contributed by atoms with Crippen molar-refractivity contribution in [3.63, 3.8) is 0 Å². The van der Waals surface area contributed by atoms with Crippen LogP contribution in [0.3, 0.4) is 0 Å². The highest BCUT2D eigenvalue weighted by Gasteiger charge is 2.12. The molecule has 0 spiro atoms. The molecule has 1 aromatic heterocycles. The molecule has 0 aliphatic rings. The summed E-state index contributed by atoms with van der Waals surface area (Å²) in [7, 11) is 0. The molecule has 1 heterocycles. The molecule has 104 valence electrons. The van der Waals surface area contributed by atoms with Gasteiger partial charge in [-0.3, -0.25) is 4.79 Å². The topological polar surface area (TPSA) is 51.2 Å². The lowest BCUT2D eigenvalue weighted by atomic mass is 10.2. The van der Waals surface area contributed by atoms with E-state index in [0.29, 0.717) is 12.4 Å². The Bertz CT molecular complexity index is 593. The molecule has 0 aliphatic heterocycles. The number of aromatic nitrogens is 1. The zero-order chi connectivity index (χ0) is 14.4. The zero-order valence-electron chi connectivity index (χ0n) is 10.5. The van der Waals surface area contributed by atoms with Crippen LogP contribution in [0, 0.1) is 5.82 Å². The monoisotopic (exact) mass is 294 g/mol. The van der Waals surface area contributed by atoms with Crippen LogP contribution in [0.25, 0.3) is 0 Å². The highest BCUT2D eigenvalue weighted by molar-refractivity contribution is 6.32. The van der Waals surface area contributed by atoms with E-state index >= 15 is 0 Å². The minimum atomic E-state index is -0.611.